The zero-order valence-corrected chi connectivity index (χ0v) is 12.6. The first-order chi connectivity index (χ1) is 8.70. The molecule has 1 N–H and O–H groups in total. The van der Waals surface area contributed by atoms with Gasteiger partial charge < -0.3 is 10.2 Å². The lowest BCUT2D eigenvalue weighted by Crippen LogP contribution is -2.46. The molecule has 0 bridgehead atoms. The predicted molar refractivity (Wildman–Crippen MR) is 78.9 cm³/mol. The number of hydrogen-bond donors (Lipinski definition) is 1. The van der Waals surface area contributed by atoms with Crippen LogP contribution in [0.4, 0.5) is 0 Å². The summed E-state index contributed by atoms with van der Waals surface area (Å²) in [4.78, 5) is 2.59. The Hall–Kier alpha value is -0.0800. The maximum Gasteiger partial charge on any atom is 0.00705 e. The van der Waals surface area contributed by atoms with Crippen LogP contribution in [0.3, 0.4) is 0 Å². The van der Waals surface area contributed by atoms with Gasteiger partial charge in [-0.2, -0.15) is 0 Å². The molecule has 1 saturated carbocycles. The smallest absolute Gasteiger partial charge is 0.00705 e. The highest BCUT2D eigenvalue weighted by atomic mass is 15.1. The summed E-state index contributed by atoms with van der Waals surface area (Å²) in [6.45, 7) is 11.0. The second kappa shape index (κ2) is 6.91. The monoisotopic (exact) mass is 252 g/mol. The first-order valence-corrected chi connectivity index (χ1v) is 8.19. The highest BCUT2D eigenvalue weighted by Crippen LogP contribution is 2.29. The number of likely N-dealkylation sites (tertiary alicyclic amines) is 1. The molecule has 1 saturated heterocycles. The maximum atomic E-state index is 3.91. The second-order valence-corrected chi connectivity index (χ2v) is 6.56. The van der Waals surface area contributed by atoms with Gasteiger partial charge in [0.25, 0.3) is 0 Å². The topological polar surface area (TPSA) is 15.3 Å². The summed E-state index contributed by atoms with van der Waals surface area (Å²) in [6.07, 6.45) is 8.60. The van der Waals surface area contributed by atoms with E-state index in [1.165, 1.54) is 58.2 Å². The van der Waals surface area contributed by atoms with Crippen LogP contribution in [0.5, 0.6) is 0 Å². The largest absolute Gasteiger partial charge is 0.311 e. The molecular weight excluding hydrogens is 220 g/mol. The Labute approximate surface area is 114 Å². The van der Waals surface area contributed by atoms with Crippen molar-refractivity contribution in [1.82, 2.24) is 10.2 Å². The van der Waals surface area contributed by atoms with E-state index in [4.69, 9.17) is 0 Å². The minimum absolute atomic E-state index is 0.708. The minimum atomic E-state index is 0.708. The maximum absolute atomic E-state index is 3.91. The van der Waals surface area contributed by atoms with Gasteiger partial charge in [-0.1, -0.05) is 19.8 Å². The Balaban J connectivity index is 1.72. The molecule has 1 aliphatic carbocycles. The van der Waals surface area contributed by atoms with E-state index in [1.54, 1.807) is 0 Å². The van der Waals surface area contributed by atoms with Crippen LogP contribution < -0.4 is 5.32 Å². The van der Waals surface area contributed by atoms with E-state index in [2.05, 4.69) is 31.0 Å². The molecule has 1 aliphatic heterocycles. The van der Waals surface area contributed by atoms with Gasteiger partial charge in [0.15, 0.2) is 0 Å². The molecule has 0 aromatic rings. The molecule has 1 heterocycles. The van der Waals surface area contributed by atoms with Gasteiger partial charge in [0.2, 0.25) is 0 Å². The minimum Gasteiger partial charge on any atom is -0.311 e. The third-order valence-electron chi connectivity index (χ3n) is 5.42. The molecule has 0 aromatic carbocycles. The molecule has 106 valence electrons. The molecule has 2 rings (SSSR count). The van der Waals surface area contributed by atoms with Gasteiger partial charge in [0, 0.05) is 12.1 Å². The summed E-state index contributed by atoms with van der Waals surface area (Å²) in [6, 6.07) is 1.44. The summed E-state index contributed by atoms with van der Waals surface area (Å²) in [5.74, 6) is 1.85. The molecule has 2 aliphatic rings. The van der Waals surface area contributed by atoms with E-state index in [1.807, 2.05) is 0 Å². The van der Waals surface area contributed by atoms with Crippen molar-refractivity contribution in [3.8, 4) is 0 Å². The Bertz CT molecular complexity index is 227. The van der Waals surface area contributed by atoms with Crippen molar-refractivity contribution in [2.45, 2.75) is 71.4 Å². The van der Waals surface area contributed by atoms with Crippen LogP contribution in [0, 0.1) is 11.8 Å². The standard InChI is InChI=1S/C16H32N2/c1-4-18-11-9-16(10-12-18)14(3)17-13(2)15-7-5-6-8-15/h13-17H,4-12H2,1-3H3. The summed E-state index contributed by atoms with van der Waals surface area (Å²) in [5.41, 5.74) is 0. The van der Waals surface area contributed by atoms with Crippen LogP contribution >= 0.6 is 0 Å². The number of nitrogens with zero attached hydrogens (tertiary/aromatic N) is 1. The number of hydrogen-bond acceptors (Lipinski definition) is 2. The summed E-state index contributed by atoms with van der Waals surface area (Å²) in [5, 5.41) is 3.91. The van der Waals surface area contributed by atoms with Gasteiger partial charge >= 0.3 is 0 Å². The lowest BCUT2D eigenvalue weighted by Gasteiger charge is -2.36. The van der Waals surface area contributed by atoms with Crippen molar-refractivity contribution in [3.63, 3.8) is 0 Å². The Morgan fingerprint density at radius 3 is 1.94 bits per heavy atom. The summed E-state index contributed by atoms with van der Waals surface area (Å²) in [7, 11) is 0. The fourth-order valence-electron chi connectivity index (χ4n) is 3.91. The molecule has 0 radical (unpaired) electrons. The van der Waals surface area contributed by atoms with E-state index in [-0.39, 0.29) is 0 Å². The van der Waals surface area contributed by atoms with Crippen LogP contribution in [0.1, 0.15) is 59.3 Å². The molecule has 0 aromatic heterocycles. The average Bonchev–Trinajstić information content (AvgIpc) is 2.92. The van der Waals surface area contributed by atoms with Gasteiger partial charge in [-0.15, -0.1) is 0 Å². The predicted octanol–water partition coefficient (Wildman–Crippen LogP) is 3.28. The average molecular weight is 252 g/mol. The quantitative estimate of drug-likeness (QED) is 0.808. The fourth-order valence-corrected chi connectivity index (χ4v) is 3.91. The van der Waals surface area contributed by atoms with Crippen LogP contribution in [0.15, 0.2) is 0 Å². The normalized spacial score (nSPS) is 27.5. The zero-order valence-electron chi connectivity index (χ0n) is 12.6. The van der Waals surface area contributed by atoms with Crippen LogP contribution in [-0.4, -0.2) is 36.6 Å². The lowest BCUT2D eigenvalue weighted by molar-refractivity contribution is 0.160. The fraction of sp³-hybridized carbons (Fsp3) is 1.00. The molecule has 2 atom stereocenters. The Morgan fingerprint density at radius 1 is 0.944 bits per heavy atom. The molecule has 0 spiro atoms. The Morgan fingerprint density at radius 2 is 1.44 bits per heavy atom. The van der Waals surface area contributed by atoms with Crippen LogP contribution in [0.2, 0.25) is 0 Å². The molecule has 0 amide bonds. The van der Waals surface area contributed by atoms with Crippen molar-refractivity contribution in [2.24, 2.45) is 11.8 Å². The molecule has 18 heavy (non-hydrogen) atoms. The van der Waals surface area contributed by atoms with E-state index >= 15 is 0 Å². The van der Waals surface area contributed by atoms with Crippen molar-refractivity contribution in [3.05, 3.63) is 0 Å². The van der Waals surface area contributed by atoms with Crippen molar-refractivity contribution < 1.29 is 0 Å². The van der Waals surface area contributed by atoms with Crippen LogP contribution in [0.25, 0.3) is 0 Å². The number of nitrogens with one attached hydrogen (secondary N) is 1. The third kappa shape index (κ3) is 3.71. The number of rotatable bonds is 5. The molecule has 2 fully saturated rings. The van der Waals surface area contributed by atoms with Gasteiger partial charge in [-0.25, -0.2) is 0 Å². The van der Waals surface area contributed by atoms with Crippen molar-refractivity contribution in [1.29, 1.82) is 0 Å². The summed E-state index contributed by atoms with van der Waals surface area (Å²) >= 11 is 0. The first kappa shape index (κ1) is 14.3. The van der Waals surface area contributed by atoms with Gasteiger partial charge in [0.1, 0.15) is 0 Å². The molecule has 2 heteroatoms. The highest BCUT2D eigenvalue weighted by molar-refractivity contribution is 4.84. The Kier molecular flexibility index (Phi) is 5.50. The van der Waals surface area contributed by atoms with E-state index < -0.39 is 0 Å². The van der Waals surface area contributed by atoms with E-state index in [0.717, 1.165) is 17.9 Å². The second-order valence-electron chi connectivity index (χ2n) is 6.56. The van der Waals surface area contributed by atoms with Gasteiger partial charge in [-0.05, 0) is 71.0 Å². The van der Waals surface area contributed by atoms with Gasteiger partial charge in [-0.3, -0.25) is 0 Å². The van der Waals surface area contributed by atoms with Gasteiger partial charge in [0.05, 0.1) is 0 Å². The molecular formula is C16H32N2. The highest BCUT2D eigenvalue weighted by Gasteiger charge is 2.27. The van der Waals surface area contributed by atoms with Crippen LogP contribution in [-0.2, 0) is 0 Å². The number of piperidine rings is 1. The van der Waals surface area contributed by atoms with Crippen molar-refractivity contribution in [2.75, 3.05) is 19.6 Å². The van der Waals surface area contributed by atoms with E-state index in [9.17, 15) is 0 Å². The first-order valence-electron chi connectivity index (χ1n) is 8.19. The van der Waals surface area contributed by atoms with Crippen molar-refractivity contribution >= 4 is 0 Å². The SMILES string of the molecule is CCN1CCC(C(C)NC(C)C2CCCC2)CC1. The van der Waals surface area contributed by atoms with E-state index in [0.29, 0.717) is 6.04 Å². The lowest BCUT2D eigenvalue weighted by atomic mass is 9.88. The zero-order chi connectivity index (χ0) is 13.0. The summed E-state index contributed by atoms with van der Waals surface area (Å²) < 4.78 is 0. The third-order valence-corrected chi connectivity index (χ3v) is 5.42. The molecule has 2 nitrogen and oxygen atoms in total. The molecule has 2 unspecified atom stereocenters.